The Morgan fingerprint density at radius 3 is 2.75 bits per heavy atom. The maximum absolute atomic E-state index is 12.3. The van der Waals surface area contributed by atoms with E-state index in [1.165, 1.54) is 0 Å². The van der Waals surface area contributed by atoms with E-state index in [9.17, 15) is 9.59 Å². The number of nitrogens with one attached hydrogen (secondary N) is 2. The van der Waals surface area contributed by atoms with Gasteiger partial charge in [-0.2, -0.15) is 0 Å². The third-order valence-corrected chi connectivity index (χ3v) is 4.40. The Bertz CT molecular complexity index is 410. The highest BCUT2D eigenvalue weighted by molar-refractivity contribution is 5.93. The fourth-order valence-electron chi connectivity index (χ4n) is 2.89. The summed E-state index contributed by atoms with van der Waals surface area (Å²) in [4.78, 5) is 24.4. The molecule has 2 rings (SSSR count). The van der Waals surface area contributed by atoms with Gasteiger partial charge in [-0.05, 0) is 32.2 Å². The Labute approximate surface area is 120 Å². The molecule has 2 N–H and O–H groups in total. The van der Waals surface area contributed by atoms with Gasteiger partial charge in [0.15, 0.2) is 0 Å². The Morgan fingerprint density at radius 1 is 1.50 bits per heavy atom. The van der Waals surface area contributed by atoms with E-state index in [-0.39, 0.29) is 23.8 Å². The molecule has 5 nitrogen and oxygen atoms in total. The normalized spacial score (nSPS) is 35.4. The van der Waals surface area contributed by atoms with E-state index in [0.717, 1.165) is 19.4 Å². The molecule has 1 aliphatic heterocycles. The summed E-state index contributed by atoms with van der Waals surface area (Å²) in [6.45, 7) is 8.80. The van der Waals surface area contributed by atoms with E-state index in [1.807, 2.05) is 0 Å². The summed E-state index contributed by atoms with van der Waals surface area (Å²) in [6.07, 6.45) is 4.20. The van der Waals surface area contributed by atoms with Gasteiger partial charge < -0.3 is 15.4 Å². The van der Waals surface area contributed by atoms with Crippen molar-refractivity contribution in [2.45, 2.75) is 44.7 Å². The number of amides is 1. The molecule has 1 amide bonds. The smallest absolute Gasteiger partial charge is 0.332 e. The molecule has 2 aliphatic rings. The molecular formula is C15H24N2O3. The second-order valence-corrected chi connectivity index (χ2v) is 5.70. The Hall–Kier alpha value is -1.36. The molecule has 2 fully saturated rings. The maximum Gasteiger partial charge on any atom is 0.332 e. The minimum absolute atomic E-state index is 0.0196. The average Bonchev–Trinajstić information content (AvgIpc) is 2.95. The summed E-state index contributed by atoms with van der Waals surface area (Å²) in [5, 5.41) is 6.11. The molecular weight excluding hydrogens is 256 g/mol. The van der Waals surface area contributed by atoms with Crippen LogP contribution in [-0.2, 0) is 14.3 Å². The second-order valence-electron chi connectivity index (χ2n) is 5.70. The Kier molecular flexibility index (Phi) is 4.48. The van der Waals surface area contributed by atoms with Gasteiger partial charge in [-0.15, -0.1) is 6.58 Å². The van der Waals surface area contributed by atoms with Gasteiger partial charge in [0, 0.05) is 5.92 Å². The van der Waals surface area contributed by atoms with Gasteiger partial charge in [-0.1, -0.05) is 19.4 Å². The molecule has 0 aromatic heterocycles. The minimum atomic E-state index is -0.874. The molecule has 0 radical (unpaired) electrons. The van der Waals surface area contributed by atoms with Crippen molar-refractivity contribution >= 4 is 11.9 Å². The van der Waals surface area contributed by atoms with Gasteiger partial charge >= 0.3 is 5.97 Å². The van der Waals surface area contributed by atoms with Gasteiger partial charge in [0.05, 0.1) is 12.6 Å². The van der Waals surface area contributed by atoms with Crippen molar-refractivity contribution in [1.82, 2.24) is 10.6 Å². The van der Waals surface area contributed by atoms with Crippen LogP contribution in [-0.4, -0.2) is 36.6 Å². The standard InChI is InChI=1S/C15H24N2O3/c1-4-10-7-12(16-9-10)13(18)17-15(8-11(15)5-2)14(19)20-6-3/h5,10-12,16H,2,4,6-9H2,1,3H3,(H,17,18)/t10-,11-,12+,15-/m1/s1. The highest BCUT2D eigenvalue weighted by atomic mass is 16.5. The van der Waals surface area contributed by atoms with Gasteiger partial charge in [0.25, 0.3) is 0 Å². The van der Waals surface area contributed by atoms with E-state index < -0.39 is 5.54 Å². The zero-order valence-corrected chi connectivity index (χ0v) is 12.3. The quantitative estimate of drug-likeness (QED) is 0.562. The molecule has 4 atom stereocenters. The lowest BCUT2D eigenvalue weighted by atomic mass is 10.0. The Morgan fingerprint density at radius 2 is 2.25 bits per heavy atom. The third-order valence-electron chi connectivity index (χ3n) is 4.40. The number of rotatable bonds is 6. The molecule has 0 aromatic rings. The van der Waals surface area contributed by atoms with Crippen LogP contribution in [0.5, 0.6) is 0 Å². The Balaban J connectivity index is 1.98. The maximum atomic E-state index is 12.3. The lowest BCUT2D eigenvalue weighted by Gasteiger charge is -2.20. The summed E-state index contributed by atoms with van der Waals surface area (Å²) >= 11 is 0. The zero-order valence-electron chi connectivity index (χ0n) is 12.3. The van der Waals surface area contributed by atoms with Crippen molar-refractivity contribution in [3.63, 3.8) is 0 Å². The molecule has 0 unspecified atom stereocenters. The molecule has 112 valence electrons. The van der Waals surface area contributed by atoms with Gasteiger partial charge in [0.2, 0.25) is 5.91 Å². The minimum Gasteiger partial charge on any atom is -0.464 e. The molecule has 0 bridgehead atoms. The van der Waals surface area contributed by atoms with E-state index in [4.69, 9.17) is 4.74 Å². The SMILES string of the molecule is C=C[C@@H]1C[C@]1(NC(=O)[C@@H]1C[C@@H](CC)CN1)C(=O)OCC. The van der Waals surface area contributed by atoms with Gasteiger partial charge in [0.1, 0.15) is 5.54 Å². The third kappa shape index (κ3) is 2.73. The van der Waals surface area contributed by atoms with Crippen molar-refractivity contribution in [2.24, 2.45) is 11.8 Å². The molecule has 1 aliphatic carbocycles. The number of carbonyl (C=O) groups excluding carboxylic acids is 2. The first-order chi connectivity index (χ1) is 9.57. The van der Waals surface area contributed by atoms with Crippen LogP contribution in [0, 0.1) is 11.8 Å². The van der Waals surface area contributed by atoms with Crippen molar-refractivity contribution < 1.29 is 14.3 Å². The number of hydrogen-bond acceptors (Lipinski definition) is 4. The number of esters is 1. The number of hydrogen-bond donors (Lipinski definition) is 2. The molecule has 0 aromatic carbocycles. The number of ether oxygens (including phenoxy) is 1. The van der Waals surface area contributed by atoms with Gasteiger partial charge in [-0.3, -0.25) is 4.79 Å². The molecule has 5 heteroatoms. The second kappa shape index (κ2) is 5.95. The van der Waals surface area contributed by atoms with Crippen molar-refractivity contribution in [1.29, 1.82) is 0 Å². The molecule has 20 heavy (non-hydrogen) atoms. The summed E-state index contributed by atoms with van der Waals surface area (Å²) in [5.41, 5.74) is -0.874. The summed E-state index contributed by atoms with van der Waals surface area (Å²) < 4.78 is 5.09. The van der Waals surface area contributed by atoms with Crippen LogP contribution in [0.4, 0.5) is 0 Å². The largest absolute Gasteiger partial charge is 0.464 e. The van der Waals surface area contributed by atoms with E-state index >= 15 is 0 Å². The lowest BCUT2D eigenvalue weighted by Crippen LogP contribution is -2.51. The zero-order chi connectivity index (χ0) is 14.8. The summed E-state index contributed by atoms with van der Waals surface area (Å²) in [7, 11) is 0. The number of carbonyl (C=O) groups is 2. The fraction of sp³-hybridized carbons (Fsp3) is 0.733. The van der Waals surface area contributed by atoms with E-state index in [2.05, 4.69) is 24.1 Å². The van der Waals surface area contributed by atoms with Crippen LogP contribution >= 0.6 is 0 Å². The van der Waals surface area contributed by atoms with Gasteiger partial charge in [-0.25, -0.2) is 4.79 Å². The van der Waals surface area contributed by atoms with Crippen molar-refractivity contribution in [3.05, 3.63) is 12.7 Å². The monoisotopic (exact) mass is 280 g/mol. The fourth-order valence-corrected chi connectivity index (χ4v) is 2.89. The van der Waals surface area contributed by atoms with Crippen LogP contribution in [0.2, 0.25) is 0 Å². The van der Waals surface area contributed by atoms with Crippen molar-refractivity contribution in [2.75, 3.05) is 13.2 Å². The topological polar surface area (TPSA) is 67.4 Å². The predicted molar refractivity (Wildman–Crippen MR) is 76.0 cm³/mol. The van der Waals surface area contributed by atoms with Crippen LogP contribution in [0.3, 0.4) is 0 Å². The van der Waals surface area contributed by atoms with Crippen LogP contribution in [0.1, 0.15) is 33.1 Å². The van der Waals surface area contributed by atoms with Crippen LogP contribution < -0.4 is 10.6 Å². The highest BCUT2D eigenvalue weighted by Crippen LogP contribution is 2.45. The summed E-state index contributed by atoms with van der Waals surface area (Å²) in [6, 6.07) is -0.197. The average molecular weight is 280 g/mol. The lowest BCUT2D eigenvalue weighted by molar-refractivity contribution is -0.149. The van der Waals surface area contributed by atoms with Crippen LogP contribution in [0.25, 0.3) is 0 Å². The molecule has 0 spiro atoms. The first kappa shape index (κ1) is 15.0. The summed E-state index contributed by atoms with van der Waals surface area (Å²) in [5.74, 6) is 0.0780. The highest BCUT2D eigenvalue weighted by Gasteiger charge is 2.61. The van der Waals surface area contributed by atoms with E-state index in [0.29, 0.717) is 18.9 Å². The molecule has 1 heterocycles. The molecule has 1 saturated heterocycles. The van der Waals surface area contributed by atoms with Crippen LogP contribution in [0.15, 0.2) is 12.7 Å². The van der Waals surface area contributed by atoms with Crippen molar-refractivity contribution in [3.8, 4) is 0 Å². The van der Waals surface area contributed by atoms with E-state index in [1.54, 1.807) is 13.0 Å². The first-order valence-electron chi connectivity index (χ1n) is 7.42. The first-order valence-corrected chi connectivity index (χ1v) is 7.42. The molecule has 1 saturated carbocycles. The predicted octanol–water partition coefficient (Wildman–Crippen LogP) is 0.998.